The van der Waals surface area contributed by atoms with Crippen LogP contribution < -0.4 is 15.4 Å². The number of nitrogens with one attached hydrogen (secondary N) is 2. The van der Waals surface area contributed by atoms with E-state index in [1.165, 1.54) is 5.56 Å². The van der Waals surface area contributed by atoms with E-state index in [0.29, 0.717) is 19.6 Å². The van der Waals surface area contributed by atoms with Crippen LogP contribution in [-0.2, 0) is 15.0 Å². The third-order valence-corrected chi connectivity index (χ3v) is 4.24. The summed E-state index contributed by atoms with van der Waals surface area (Å²) in [5.41, 5.74) is 1.38. The minimum Gasteiger partial charge on any atom is -0.492 e. The molecule has 2 atom stereocenters. The second kappa shape index (κ2) is 7.69. The van der Waals surface area contributed by atoms with Gasteiger partial charge in [0.1, 0.15) is 12.4 Å². The number of hydrogen-bond donors (Lipinski definition) is 2. The highest BCUT2D eigenvalue weighted by atomic mass is 16.5. The Balaban J connectivity index is 1.72. The van der Waals surface area contributed by atoms with Crippen LogP contribution in [0.25, 0.3) is 0 Å². The fourth-order valence-corrected chi connectivity index (χ4v) is 2.86. The van der Waals surface area contributed by atoms with E-state index in [1.807, 2.05) is 19.1 Å². The highest BCUT2D eigenvalue weighted by Gasteiger charge is 2.28. The van der Waals surface area contributed by atoms with Gasteiger partial charge >= 0.3 is 0 Å². The molecule has 2 N–H and O–H groups in total. The minimum absolute atomic E-state index is 0.0518. The molecule has 0 bridgehead atoms. The lowest BCUT2D eigenvalue weighted by atomic mass is 9.87. The second-order valence-corrected chi connectivity index (χ2v) is 7.52. The Hall–Kier alpha value is -2.04. The van der Waals surface area contributed by atoms with Crippen molar-refractivity contribution in [2.24, 2.45) is 5.92 Å². The van der Waals surface area contributed by atoms with Gasteiger partial charge in [-0.1, -0.05) is 32.9 Å². The van der Waals surface area contributed by atoms with Crippen LogP contribution in [0.4, 0.5) is 0 Å². The Bertz CT molecular complexity index is 575. The molecular formula is C19H28N2O3. The number of carbonyl (C=O) groups is 2. The smallest absolute Gasteiger partial charge is 0.223 e. The van der Waals surface area contributed by atoms with Crippen LogP contribution in [0.15, 0.2) is 24.3 Å². The van der Waals surface area contributed by atoms with Crippen LogP contribution in [0.5, 0.6) is 5.75 Å². The summed E-state index contributed by atoms with van der Waals surface area (Å²) in [6, 6.07) is 8.09. The van der Waals surface area contributed by atoms with E-state index in [1.54, 1.807) is 0 Å². The van der Waals surface area contributed by atoms with Crippen molar-refractivity contribution in [1.29, 1.82) is 0 Å². The molecular weight excluding hydrogens is 304 g/mol. The Labute approximate surface area is 144 Å². The van der Waals surface area contributed by atoms with E-state index in [0.717, 1.165) is 5.75 Å². The number of rotatable bonds is 5. The van der Waals surface area contributed by atoms with E-state index in [9.17, 15) is 9.59 Å². The van der Waals surface area contributed by atoms with Gasteiger partial charge < -0.3 is 15.4 Å². The molecule has 132 valence electrons. The van der Waals surface area contributed by atoms with Crippen molar-refractivity contribution in [2.75, 3.05) is 13.2 Å². The van der Waals surface area contributed by atoms with Crippen molar-refractivity contribution in [3.05, 3.63) is 29.8 Å². The van der Waals surface area contributed by atoms with Crippen molar-refractivity contribution in [3.63, 3.8) is 0 Å². The summed E-state index contributed by atoms with van der Waals surface area (Å²) in [7, 11) is 0. The SMILES string of the molecule is C[C@H]1C[C@H](C(=O)NCCOc2ccc(C(C)(C)C)cc2)CC(=O)N1. The van der Waals surface area contributed by atoms with Crippen LogP contribution in [0.3, 0.4) is 0 Å². The number of ether oxygens (including phenoxy) is 1. The Kier molecular flexibility index (Phi) is 5.86. The van der Waals surface area contributed by atoms with Crippen LogP contribution in [-0.4, -0.2) is 31.0 Å². The second-order valence-electron chi connectivity index (χ2n) is 7.52. The predicted molar refractivity (Wildman–Crippen MR) is 94.0 cm³/mol. The van der Waals surface area contributed by atoms with Gasteiger partial charge in [-0.25, -0.2) is 0 Å². The molecule has 0 radical (unpaired) electrons. The van der Waals surface area contributed by atoms with E-state index in [2.05, 4.69) is 43.5 Å². The largest absolute Gasteiger partial charge is 0.492 e. The summed E-state index contributed by atoms with van der Waals surface area (Å²) in [5.74, 6) is 0.440. The Morgan fingerprint density at radius 3 is 2.54 bits per heavy atom. The zero-order valence-electron chi connectivity index (χ0n) is 15.0. The quantitative estimate of drug-likeness (QED) is 0.814. The maximum Gasteiger partial charge on any atom is 0.223 e. The van der Waals surface area contributed by atoms with E-state index < -0.39 is 0 Å². The third-order valence-electron chi connectivity index (χ3n) is 4.24. The molecule has 0 saturated carbocycles. The zero-order chi connectivity index (χ0) is 17.7. The Morgan fingerprint density at radius 1 is 1.29 bits per heavy atom. The molecule has 1 aromatic rings. The topological polar surface area (TPSA) is 67.4 Å². The molecule has 1 aromatic carbocycles. The molecule has 0 aliphatic carbocycles. The number of amides is 2. The Morgan fingerprint density at radius 2 is 1.96 bits per heavy atom. The number of piperidine rings is 1. The van der Waals surface area contributed by atoms with Crippen molar-refractivity contribution in [2.45, 2.75) is 52.0 Å². The lowest BCUT2D eigenvalue weighted by Gasteiger charge is -2.26. The lowest BCUT2D eigenvalue weighted by Crippen LogP contribution is -2.46. The van der Waals surface area contributed by atoms with Crippen LogP contribution in [0.2, 0.25) is 0 Å². The highest BCUT2D eigenvalue weighted by molar-refractivity contribution is 5.87. The van der Waals surface area contributed by atoms with E-state index in [-0.39, 0.29) is 35.6 Å². The van der Waals surface area contributed by atoms with Gasteiger partial charge in [0.15, 0.2) is 0 Å². The molecule has 1 aliphatic heterocycles. The summed E-state index contributed by atoms with van der Waals surface area (Å²) in [4.78, 5) is 23.6. The van der Waals surface area contributed by atoms with Gasteiger partial charge in [-0.15, -0.1) is 0 Å². The number of benzene rings is 1. The third kappa shape index (κ3) is 5.25. The van der Waals surface area contributed by atoms with Crippen LogP contribution >= 0.6 is 0 Å². The fourth-order valence-electron chi connectivity index (χ4n) is 2.86. The van der Waals surface area contributed by atoms with Crippen molar-refractivity contribution in [1.82, 2.24) is 10.6 Å². The molecule has 1 heterocycles. The molecule has 24 heavy (non-hydrogen) atoms. The van der Waals surface area contributed by atoms with Gasteiger partial charge in [-0.3, -0.25) is 9.59 Å². The van der Waals surface area contributed by atoms with Gasteiger partial charge in [0.2, 0.25) is 11.8 Å². The molecule has 2 rings (SSSR count). The van der Waals surface area contributed by atoms with Crippen molar-refractivity contribution in [3.8, 4) is 5.75 Å². The number of hydrogen-bond acceptors (Lipinski definition) is 3. The molecule has 0 aromatic heterocycles. The average molecular weight is 332 g/mol. The molecule has 1 saturated heterocycles. The van der Waals surface area contributed by atoms with Crippen molar-refractivity contribution < 1.29 is 14.3 Å². The zero-order valence-corrected chi connectivity index (χ0v) is 15.0. The van der Waals surface area contributed by atoms with Crippen LogP contribution in [0.1, 0.15) is 46.1 Å². The molecule has 5 heteroatoms. The summed E-state index contributed by atoms with van der Waals surface area (Å²) in [6.45, 7) is 9.28. The molecule has 2 amide bonds. The van der Waals surface area contributed by atoms with Crippen molar-refractivity contribution >= 4 is 11.8 Å². The van der Waals surface area contributed by atoms with Gasteiger partial charge in [0, 0.05) is 18.4 Å². The standard InChI is InChI=1S/C19H28N2O3/c1-13-11-14(12-17(22)21-13)18(23)20-9-10-24-16-7-5-15(6-8-16)19(2,3)4/h5-8,13-14H,9-12H2,1-4H3,(H,20,23)(H,21,22)/t13-,14-/m0/s1. The summed E-state index contributed by atoms with van der Waals surface area (Å²) in [5, 5.41) is 5.68. The minimum atomic E-state index is -0.236. The van der Waals surface area contributed by atoms with E-state index >= 15 is 0 Å². The first-order chi connectivity index (χ1) is 11.3. The van der Waals surface area contributed by atoms with Gasteiger partial charge in [-0.2, -0.15) is 0 Å². The maximum absolute atomic E-state index is 12.1. The number of carbonyl (C=O) groups excluding carboxylic acids is 2. The van der Waals surface area contributed by atoms with E-state index in [4.69, 9.17) is 4.74 Å². The molecule has 0 spiro atoms. The first kappa shape index (κ1) is 18.3. The summed E-state index contributed by atoms with van der Waals surface area (Å²) >= 11 is 0. The average Bonchev–Trinajstić information content (AvgIpc) is 2.50. The monoisotopic (exact) mass is 332 g/mol. The molecule has 1 aliphatic rings. The normalized spacial score (nSPS) is 21.1. The first-order valence-electron chi connectivity index (χ1n) is 8.56. The first-order valence-corrected chi connectivity index (χ1v) is 8.56. The molecule has 0 unspecified atom stereocenters. The summed E-state index contributed by atoms with van der Waals surface area (Å²) < 4.78 is 5.66. The highest BCUT2D eigenvalue weighted by Crippen LogP contribution is 2.24. The lowest BCUT2D eigenvalue weighted by molar-refractivity contribution is -0.133. The summed E-state index contributed by atoms with van der Waals surface area (Å²) in [6.07, 6.45) is 0.956. The van der Waals surface area contributed by atoms with Gasteiger partial charge in [0.25, 0.3) is 0 Å². The molecule has 1 fully saturated rings. The molecule has 5 nitrogen and oxygen atoms in total. The fraction of sp³-hybridized carbons (Fsp3) is 0.579. The van der Waals surface area contributed by atoms with Gasteiger partial charge in [0.05, 0.1) is 6.54 Å². The maximum atomic E-state index is 12.1. The van der Waals surface area contributed by atoms with Gasteiger partial charge in [-0.05, 0) is 36.5 Å². The van der Waals surface area contributed by atoms with Crippen LogP contribution in [0, 0.1) is 5.92 Å². The predicted octanol–water partition coefficient (Wildman–Crippen LogP) is 2.39.